The average molecular weight is 249 g/mol. The van der Waals surface area contributed by atoms with Gasteiger partial charge in [-0.2, -0.15) is 4.31 Å². The van der Waals surface area contributed by atoms with Crippen molar-refractivity contribution in [2.75, 3.05) is 0 Å². The van der Waals surface area contributed by atoms with Crippen LogP contribution in [0.15, 0.2) is 47.4 Å². The largest absolute Gasteiger partial charge is 0.243 e. The van der Waals surface area contributed by atoms with Crippen LogP contribution >= 0.6 is 0 Å². The monoisotopic (exact) mass is 249 g/mol. The topological polar surface area (TPSA) is 37.4 Å². The molecule has 3 nitrogen and oxygen atoms in total. The van der Waals surface area contributed by atoms with Gasteiger partial charge in [-0.05, 0) is 31.4 Å². The molecular weight excluding hydrogens is 234 g/mol. The van der Waals surface area contributed by atoms with E-state index in [-0.39, 0.29) is 12.1 Å². The van der Waals surface area contributed by atoms with Crippen molar-refractivity contribution in [3.05, 3.63) is 42.5 Å². The molecule has 2 heterocycles. The van der Waals surface area contributed by atoms with Gasteiger partial charge in [0.25, 0.3) is 0 Å². The van der Waals surface area contributed by atoms with Gasteiger partial charge in [-0.1, -0.05) is 30.4 Å². The third-order valence-electron chi connectivity index (χ3n) is 3.57. The first-order valence-electron chi connectivity index (χ1n) is 5.95. The van der Waals surface area contributed by atoms with Crippen LogP contribution in [0.3, 0.4) is 0 Å². The van der Waals surface area contributed by atoms with E-state index in [1.807, 2.05) is 12.1 Å². The first-order chi connectivity index (χ1) is 8.19. The van der Waals surface area contributed by atoms with E-state index < -0.39 is 10.0 Å². The van der Waals surface area contributed by atoms with Crippen molar-refractivity contribution in [1.82, 2.24) is 4.31 Å². The minimum absolute atomic E-state index is 0.0685. The molecule has 2 aliphatic rings. The van der Waals surface area contributed by atoms with Crippen molar-refractivity contribution in [3.63, 3.8) is 0 Å². The molecular formula is C13H15NO2S. The van der Waals surface area contributed by atoms with Crippen LogP contribution in [-0.2, 0) is 10.0 Å². The van der Waals surface area contributed by atoms with Crippen LogP contribution < -0.4 is 0 Å². The van der Waals surface area contributed by atoms with Gasteiger partial charge < -0.3 is 0 Å². The van der Waals surface area contributed by atoms with Crippen LogP contribution in [0, 0.1) is 0 Å². The lowest BCUT2D eigenvalue weighted by Gasteiger charge is -2.30. The van der Waals surface area contributed by atoms with E-state index in [1.165, 1.54) is 0 Å². The van der Waals surface area contributed by atoms with E-state index in [0.717, 1.165) is 19.3 Å². The Morgan fingerprint density at radius 1 is 1.12 bits per heavy atom. The Balaban J connectivity index is 2.02. The SMILES string of the molecule is O=S(=O)(c1ccccc1)N1C2C=CCC1CC2. The molecule has 0 N–H and O–H groups in total. The average Bonchev–Trinajstić information content (AvgIpc) is 2.62. The number of hydrogen-bond acceptors (Lipinski definition) is 2. The van der Waals surface area contributed by atoms with E-state index in [0.29, 0.717) is 4.90 Å². The molecule has 0 aromatic heterocycles. The Morgan fingerprint density at radius 3 is 2.59 bits per heavy atom. The van der Waals surface area contributed by atoms with Crippen LogP contribution in [0.4, 0.5) is 0 Å². The summed E-state index contributed by atoms with van der Waals surface area (Å²) < 4.78 is 26.8. The van der Waals surface area contributed by atoms with E-state index in [1.54, 1.807) is 28.6 Å². The molecule has 0 radical (unpaired) electrons. The van der Waals surface area contributed by atoms with Gasteiger partial charge in [0.05, 0.1) is 4.90 Å². The molecule has 1 aromatic carbocycles. The Hall–Kier alpha value is -1.13. The van der Waals surface area contributed by atoms with E-state index in [2.05, 4.69) is 6.08 Å². The molecule has 0 aliphatic carbocycles. The number of sulfonamides is 1. The van der Waals surface area contributed by atoms with Gasteiger partial charge in [0.15, 0.2) is 0 Å². The van der Waals surface area contributed by atoms with Crippen LogP contribution in [0.25, 0.3) is 0 Å². The summed E-state index contributed by atoms with van der Waals surface area (Å²) in [6.45, 7) is 0. The van der Waals surface area contributed by atoms with Gasteiger partial charge in [-0.15, -0.1) is 0 Å². The molecule has 2 aliphatic heterocycles. The van der Waals surface area contributed by atoms with Gasteiger partial charge in [-0.25, -0.2) is 8.42 Å². The molecule has 0 saturated carbocycles. The smallest absolute Gasteiger partial charge is 0.207 e. The molecule has 2 bridgehead atoms. The molecule has 2 atom stereocenters. The Kier molecular flexibility index (Phi) is 2.56. The predicted octanol–water partition coefficient (Wildman–Crippen LogP) is 2.17. The Bertz CT molecular complexity index is 536. The molecule has 90 valence electrons. The maximum absolute atomic E-state index is 12.5. The lowest BCUT2D eigenvalue weighted by molar-refractivity contribution is 0.341. The fourth-order valence-electron chi connectivity index (χ4n) is 2.77. The molecule has 0 amide bonds. The standard InChI is InChI=1S/C13H15NO2S/c15-17(16,13-7-2-1-3-8-13)14-11-5-4-6-12(14)10-9-11/h1-5,7-8,11-12H,6,9-10H2. The number of fused-ring (bicyclic) bond motifs is 2. The van der Waals surface area contributed by atoms with Gasteiger partial charge in [0, 0.05) is 12.1 Å². The highest BCUT2D eigenvalue weighted by atomic mass is 32.2. The summed E-state index contributed by atoms with van der Waals surface area (Å²) in [7, 11) is -3.32. The summed E-state index contributed by atoms with van der Waals surface area (Å²) in [5.74, 6) is 0. The number of hydrogen-bond donors (Lipinski definition) is 0. The summed E-state index contributed by atoms with van der Waals surface area (Å²) in [6.07, 6.45) is 6.92. The molecule has 1 fully saturated rings. The molecule has 1 aromatic rings. The number of benzene rings is 1. The van der Waals surface area contributed by atoms with E-state index in [9.17, 15) is 8.42 Å². The number of nitrogens with zero attached hydrogens (tertiary/aromatic N) is 1. The molecule has 3 rings (SSSR count). The van der Waals surface area contributed by atoms with Gasteiger partial charge in [0.2, 0.25) is 10.0 Å². The summed E-state index contributed by atoms with van der Waals surface area (Å²) in [4.78, 5) is 0.409. The maximum atomic E-state index is 12.5. The van der Waals surface area contributed by atoms with Crippen LogP contribution in [0.1, 0.15) is 19.3 Å². The normalized spacial score (nSPS) is 28.5. The Morgan fingerprint density at radius 2 is 1.88 bits per heavy atom. The summed E-state index contributed by atoms with van der Waals surface area (Å²) in [5, 5.41) is 0. The molecule has 4 heteroatoms. The van der Waals surface area contributed by atoms with E-state index >= 15 is 0 Å². The van der Waals surface area contributed by atoms with Crippen molar-refractivity contribution in [1.29, 1.82) is 0 Å². The zero-order valence-electron chi connectivity index (χ0n) is 9.49. The minimum atomic E-state index is -3.32. The fraction of sp³-hybridized carbons (Fsp3) is 0.385. The zero-order valence-corrected chi connectivity index (χ0v) is 10.3. The van der Waals surface area contributed by atoms with E-state index in [4.69, 9.17) is 0 Å². The van der Waals surface area contributed by atoms with Gasteiger partial charge in [-0.3, -0.25) is 0 Å². The van der Waals surface area contributed by atoms with Crippen LogP contribution in [-0.4, -0.2) is 24.8 Å². The second-order valence-electron chi connectivity index (χ2n) is 4.61. The first-order valence-corrected chi connectivity index (χ1v) is 7.39. The molecule has 2 unspecified atom stereocenters. The van der Waals surface area contributed by atoms with Crippen molar-refractivity contribution in [3.8, 4) is 0 Å². The summed E-state index contributed by atoms with van der Waals surface area (Å²) in [6, 6.07) is 8.96. The maximum Gasteiger partial charge on any atom is 0.243 e. The predicted molar refractivity (Wildman–Crippen MR) is 66.0 cm³/mol. The quantitative estimate of drug-likeness (QED) is 0.753. The lowest BCUT2D eigenvalue weighted by atomic mass is 10.2. The van der Waals surface area contributed by atoms with Crippen molar-refractivity contribution in [2.45, 2.75) is 36.2 Å². The van der Waals surface area contributed by atoms with Crippen LogP contribution in [0.5, 0.6) is 0 Å². The highest BCUT2D eigenvalue weighted by molar-refractivity contribution is 7.89. The highest BCUT2D eigenvalue weighted by Crippen LogP contribution is 2.36. The Labute approximate surface area is 102 Å². The van der Waals surface area contributed by atoms with Gasteiger partial charge in [0.1, 0.15) is 0 Å². The molecule has 1 saturated heterocycles. The number of rotatable bonds is 2. The highest BCUT2D eigenvalue weighted by Gasteiger charge is 2.42. The minimum Gasteiger partial charge on any atom is -0.207 e. The second kappa shape index (κ2) is 3.96. The van der Waals surface area contributed by atoms with Crippen molar-refractivity contribution < 1.29 is 8.42 Å². The molecule has 17 heavy (non-hydrogen) atoms. The summed E-state index contributed by atoms with van der Waals surface area (Å²) >= 11 is 0. The molecule has 0 spiro atoms. The van der Waals surface area contributed by atoms with Crippen molar-refractivity contribution >= 4 is 10.0 Å². The van der Waals surface area contributed by atoms with Gasteiger partial charge >= 0.3 is 0 Å². The summed E-state index contributed by atoms with van der Waals surface area (Å²) in [5.41, 5.74) is 0. The van der Waals surface area contributed by atoms with Crippen LogP contribution in [0.2, 0.25) is 0 Å². The fourth-order valence-corrected chi connectivity index (χ4v) is 4.63. The van der Waals surface area contributed by atoms with Crippen molar-refractivity contribution in [2.24, 2.45) is 0 Å². The first kappa shape index (κ1) is 11.0. The third kappa shape index (κ3) is 1.72. The zero-order chi connectivity index (χ0) is 11.9. The second-order valence-corrected chi connectivity index (χ2v) is 6.45. The third-order valence-corrected chi connectivity index (χ3v) is 5.56. The lowest BCUT2D eigenvalue weighted by Crippen LogP contribution is -2.41.